The molecule has 0 saturated heterocycles. The summed E-state index contributed by atoms with van der Waals surface area (Å²) >= 11 is 5.97. The maximum Gasteiger partial charge on any atom is 0.257 e. The summed E-state index contributed by atoms with van der Waals surface area (Å²) in [6, 6.07) is 15.2. The van der Waals surface area contributed by atoms with Gasteiger partial charge in [0.05, 0.1) is 5.02 Å². The van der Waals surface area contributed by atoms with Gasteiger partial charge in [0.2, 0.25) is 0 Å². The molecule has 0 aliphatic heterocycles. The number of halogens is 1. The summed E-state index contributed by atoms with van der Waals surface area (Å²) < 4.78 is 5.39. The molecule has 0 unspecified atom stereocenters. The number of aryl methyl sites for hydroxylation is 1. The number of hydrogen-bond donors (Lipinski definition) is 2. The summed E-state index contributed by atoms with van der Waals surface area (Å²) in [5.41, 5.74) is 2.34. The highest BCUT2D eigenvalue weighted by atomic mass is 35.5. The van der Waals surface area contributed by atoms with Crippen molar-refractivity contribution in [2.45, 2.75) is 13.3 Å². The van der Waals surface area contributed by atoms with Gasteiger partial charge in [-0.1, -0.05) is 53.6 Å². The van der Waals surface area contributed by atoms with Crippen LogP contribution in [0.1, 0.15) is 11.1 Å². The minimum absolute atomic E-state index is 0.0134. The molecule has 0 fully saturated rings. The third-order valence-electron chi connectivity index (χ3n) is 3.69. The second kappa shape index (κ2) is 9.30. The zero-order chi connectivity index (χ0) is 17.4. The summed E-state index contributed by atoms with van der Waals surface area (Å²) in [6.07, 6.45) is 0.711. The van der Waals surface area contributed by atoms with Crippen LogP contribution in [0, 0.1) is 12.8 Å². The standard InChI is InChI=1S/C19H22ClNO3/c1-14-6-8-15(9-7-14)10-16(12-22)11-21-19(23)13-24-18-5-3-2-4-17(18)20/h2-9,16,22H,10-13H2,1H3,(H,21,23)/t16-/m1/s1. The molecule has 5 heteroatoms. The number of hydrogen-bond acceptors (Lipinski definition) is 3. The molecule has 1 amide bonds. The zero-order valence-electron chi connectivity index (χ0n) is 13.7. The molecule has 0 aliphatic carbocycles. The Hall–Kier alpha value is -2.04. The summed E-state index contributed by atoms with van der Waals surface area (Å²) in [5.74, 6) is 0.210. The van der Waals surface area contributed by atoms with E-state index in [0.717, 1.165) is 5.56 Å². The highest BCUT2D eigenvalue weighted by Gasteiger charge is 2.11. The third kappa shape index (κ3) is 5.87. The number of aliphatic hydroxyl groups excluding tert-OH is 1. The van der Waals surface area contributed by atoms with Crippen molar-refractivity contribution in [1.29, 1.82) is 0 Å². The number of carbonyl (C=O) groups excluding carboxylic acids is 1. The van der Waals surface area contributed by atoms with Crippen molar-refractivity contribution in [3.8, 4) is 5.75 Å². The van der Waals surface area contributed by atoms with Crippen LogP contribution in [-0.2, 0) is 11.2 Å². The molecular formula is C19H22ClNO3. The summed E-state index contributed by atoms with van der Waals surface area (Å²) in [4.78, 5) is 11.9. The molecule has 0 heterocycles. The largest absolute Gasteiger partial charge is 0.482 e. The number of nitrogens with one attached hydrogen (secondary N) is 1. The Morgan fingerprint density at radius 3 is 2.58 bits per heavy atom. The molecule has 0 saturated carbocycles. The Labute approximate surface area is 147 Å². The van der Waals surface area contributed by atoms with E-state index in [0.29, 0.717) is 23.7 Å². The van der Waals surface area contributed by atoms with E-state index in [1.807, 2.05) is 31.2 Å². The van der Waals surface area contributed by atoms with E-state index < -0.39 is 0 Å². The number of para-hydroxylation sites is 1. The van der Waals surface area contributed by atoms with E-state index in [1.54, 1.807) is 24.3 Å². The van der Waals surface area contributed by atoms with Crippen LogP contribution in [0.25, 0.3) is 0 Å². The van der Waals surface area contributed by atoms with Gasteiger partial charge in [-0.05, 0) is 31.0 Å². The smallest absolute Gasteiger partial charge is 0.257 e. The van der Waals surface area contributed by atoms with Gasteiger partial charge < -0.3 is 15.2 Å². The molecule has 0 bridgehead atoms. The number of aliphatic hydroxyl groups is 1. The van der Waals surface area contributed by atoms with E-state index in [1.165, 1.54) is 5.56 Å². The lowest BCUT2D eigenvalue weighted by Gasteiger charge is -2.15. The number of amides is 1. The topological polar surface area (TPSA) is 58.6 Å². The van der Waals surface area contributed by atoms with Crippen LogP contribution in [0.15, 0.2) is 48.5 Å². The minimum atomic E-state index is -0.239. The summed E-state index contributed by atoms with van der Waals surface area (Å²) in [5, 5.41) is 12.8. The molecule has 1 atom stereocenters. The van der Waals surface area contributed by atoms with E-state index in [2.05, 4.69) is 5.32 Å². The fourth-order valence-corrected chi connectivity index (χ4v) is 2.46. The van der Waals surface area contributed by atoms with Gasteiger partial charge in [0.15, 0.2) is 6.61 Å². The van der Waals surface area contributed by atoms with Crippen LogP contribution in [0.4, 0.5) is 0 Å². The fourth-order valence-electron chi connectivity index (χ4n) is 2.27. The molecule has 2 rings (SSSR count). The molecule has 2 aromatic carbocycles. The van der Waals surface area contributed by atoms with Crippen LogP contribution in [-0.4, -0.2) is 30.8 Å². The quantitative estimate of drug-likeness (QED) is 0.771. The number of benzene rings is 2. The second-order valence-electron chi connectivity index (χ2n) is 5.76. The molecule has 0 aromatic heterocycles. The fraction of sp³-hybridized carbons (Fsp3) is 0.316. The van der Waals surface area contributed by atoms with Crippen LogP contribution < -0.4 is 10.1 Å². The Morgan fingerprint density at radius 1 is 1.21 bits per heavy atom. The van der Waals surface area contributed by atoms with Gasteiger partial charge in [-0.25, -0.2) is 0 Å². The molecule has 4 nitrogen and oxygen atoms in total. The van der Waals surface area contributed by atoms with Gasteiger partial charge in [-0.3, -0.25) is 4.79 Å². The van der Waals surface area contributed by atoms with Crippen molar-refractivity contribution < 1.29 is 14.6 Å². The van der Waals surface area contributed by atoms with Crippen LogP contribution in [0.2, 0.25) is 5.02 Å². The second-order valence-corrected chi connectivity index (χ2v) is 6.17. The first kappa shape index (κ1) is 18.3. The third-order valence-corrected chi connectivity index (χ3v) is 4.00. The summed E-state index contributed by atoms with van der Waals surface area (Å²) in [6.45, 7) is 2.34. The number of carbonyl (C=O) groups is 1. The van der Waals surface area contributed by atoms with Crippen LogP contribution in [0.5, 0.6) is 5.75 Å². The van der Waals surface area contributed by atoms with Crippen molar-refractivity contribution in [2.75, 3.05) is 19.8 Å². The highest BCUT2D eigenvalue weighted by Crippen LogP contribution is 2.22. The van der Waals surface area contributed by atoms with Gasteiger partial charge in [0, 0.05) is 19.1 Å². The Morgan fingerprint density at radius 2 is 1.92 bits per heavy atom. The van der Waals surface area contributed by atoms with Crippen molar-refractivity contribution in [3.63, 3.8) is 0 Å². The number of rotatable bonds is 8. The lowest BCUT2D eigenvalue weighted by atomic mass is 9.99. The van der Waals surface area contributed by atoms with E-state index in [9.17, 15) is 9.90 Å². The normalized spacial score (nSPS) is 11.8. The molecular weight excluding hydrogens is 326 g/mol. The zero-order valence-corrected chi connectivity index (χ0v) is 14.4. The molecule has 2 N–H and O–H groups in total. The Bertz CT molecular complexity index is 658. The average Bonchev–Trinajstić information content (AvgIpc) is 2.59. The first-order chi connectivity index (χ1) is 11.6. The highest BCUT2D eigenvalue weighted by molar-refractivity contribution is 6.32. The van der Waals surface area contributed by atoms with Gasteiger partial charge in [0.1, 0.15) is 5.75 Å². The maximum absolute atomic E-state index is 11.9. The molecule has 0 radical (unpaired) electrons. The van der Waals surface area contributed by atoms with Crippen molar-refractivity contribution >= 4 is 17.5 Å². The van der Waals surface area contributed by atoms with E-state index >= 15 is 0 Å². The van der Waals surface area contributed by atoms with Crippen molar-refractivity contribution in [3.05, 3.63) is 64.7 Å². The van der Waals surface area contributed by atoms with E-state index in [4.69, 9.17) is 16.3 Å². The van der Waals surface area contributed by atoms with Crippen molar-refractivity contribution in [1.82, 2.24) is 5.32 Å². The maximum atomic E-state index is 11.9. The predicted octanol–water partition coefficient (Wildman–Crippen LogP) is 2.99. The average molecular weight is 348 g/mol. The van der Waals surface area contributed by atoms with Crippen molar-refractivity contribution in [2.24, 2.45) is 5.92 Å². The Kier molecular flexibility index (Phi) is 7.09. The monoisotopic (exact) mass is 347 g/mol. The van der Waals surface area contributed by atoms with Crippen LogP contribution in [0.3, 0.4) is 0 Å². The SMILES string of the molecule is Cc1ccc(C[C@@H](CO)CNC(=O)COc2ccccc2Cl)cc1. The lowest BCUT2D eigenvalue weighted by Crippen LogP contribution is -2.35. The first-order valence-corrected chi connectivity index (χ1v) is 8.26. The summed E-state index contributed by atoms with van der Waals surface area (Å²) in [7, 11) is 0. The van der Waals surface area contributed by atoms with Gasteiger partial charge >= 0.3 is 0 Å². The predicted molar refractivity (Wildman–Crippen MR) is 95.4 cm³/mol. The van der Waals surface area contributed by atoms with E-state index in [-0.39, 0.29) is 25.0 Å². The van der Waals surface area contributed by atoms with Gasteiger partial charge in [0.25, 0.3) is 5.91 Å². The first-order valence-electron chi connectivity index (χ1n) is 7.89. The molecule has 0 aliphatic rings. The van der Waals surface area contributed by atoms with Gasteiger partial charge in [-0.15, -0.1) is 0 Å². The molecule has 24 heavy (non-hydrogen) atoms. The number of ether oxygens (including phenoxy) is 1. The minimum Gasteiger partial charge on any atom is -0.482 e. The molecule has 2 aromatic rings. The lowest BCUT2D eigenvalue weighted by molar-refractivity contribution is -0.123. The van der Waals surface area contributed by atoms with Gasteiger partial charge in [-0.2, -0.15) is 0 Å². The molecule has 0 spiro atoms. The molecule has 128 valence electrons. The Balaban J connectivity index is 1.76. The van der Waals surface area contributed by atoms with Crippen LogP contribution >= 0.6 is 11.6 Å².